The van der Waals surface area contributed by atoms with Gasteiger partial charge in [0, 0.05) is 44.4 Å². The second-order valence-electron chi connectivity index (χ2n) is 7.13. The van der Waals surface area contributed by atoms with Crippen molar-refractivity contribution in [3.63, 3.8) is 0 Å². The average Bonchev–Trinajstić information content (AvgIpc) is 3.19. The standard InChI is InChI=1S/C21H24F2N4O3/c1-13(28)25-19-10-20(18(23)9-17(19)22)26-21(29)24-11-14-6-7-27(12-14)15-4-3-5-16(8-15)30-2/h3-5,8-10,14H,6-7,11-12H2,1-2H3,(H,25,28)(H2,24,26,29). The number of methoxy groups -OCH3 is 1. The lowest BCUT2D eigenvalue weighted by atomic mass is 10.1. The molecule has 1 aliphatic rings. The van der Waals surface area contributed by atoms with Gasteiger partial charge in [-0.05, 0) is 30.5 Å². The Bertz CT molecular complexity index is 938. The van der Waals surface area contributed by atoms with Crippen molar-refractivity contribution in [2.45, 2.75) is 13.3 Å². The van der Waals surface area contributed by atoms with Gasteiger partial charge in [0.05, 0.1) is 18.5 Å². The molecule has 1 heterocycles. The number of carbonyl (C=O) groups excluding carboxylic acids is 2. The Balaban J connectivity index is 1.53. The van der Waals surface area contributed by atoms with Crippen molar-refractivity contribution in [3.05, 3.63) is 48.0 Å². The summed E-state index contributed by atoms with van der Waals surface area (Å²) in [4.78, 5) is 25.5. The van der Waals surface area contributed by atoms with Crippen LogP contribution in [-0.2, 0) is 4.79 Å². The molecule has 3 amide bonds. The second-order valence-corrected chi connectivity index (χ2v) is 7.13. The van der Waals surface area contributed by atoms with Gasteiger partial charge in [0.15, 0.2) is 0 Å². The Kier molecular flexibility index (Phi) is 6.71. The normalized spacial score (nSPS) is 15.6. The summed E-state index contributed by atoms with van der Waals surface area (Å²) in [5, 5.41) is 7.33. The summed E-state index contributed by atoms with van der Waals surface area (Å²) >= 11 is 0. The molecule has 0 bridgehead atoms. The van der Waals surface area contributed by atoms with E-state index in [4.69, 9.17) is 4.74 Å². The van der Waals surface area contributed by atoms with E-state index in [0.717, 1.165) is 37.0 Å². The van der Waals surface area contributed by atoms with Gasteiger partial charge in [0.25, 0.3) is 0 Å². The molecule has 0 saturated carbocycles. The van der Waals surface area contributed by atoms with Crippen LogP contribution in [0.3, 0.4) is 0 Å². The zero-order valence-corrected chi connectivity index (χ0v) is 16.8. The van der Waals surface area contributed by atoms with E-state index in [-0.39, 0.29) is 17.3 Å². The molecule has 0 aliphatic carbocycles. The Labute approximate surface area is 173 Å². The molecule has 30 heavy (non-hydrogen) atoms. The van der Waals surface area contributed by atoms with Crippen molar-refractivity contribution in [1.82, 2.24) is 5.32 Å². The van der Waals surface area contributed by atoms with Crippen LogP contribution in [0.5, 0.6) is 5.75 Å². The van der Waals surface area contributed by atoms with E-state index >= 15 is 0 Å². The summed E-state index contributed by atoms with van der Waals surface area (Å²) in [7, 11) is 1.62. The van der Waals surface area contributed by atoms with E-state index in [0.29, 0.717) is 12.6 Å². The van der Waals surface area contributed by atoms with E-state index in [9.17, 15) is 18.4 Å². The van der Waals surface area contributed by atoms with Gasteiger partial charge in [-0.3, -0.25) is 4.79 Å². The molecule has 1 aliphatic heterocycles. The molecule has 3 N–H and O–H groups in total. The van der Waals surface area contributed by atoms with Gasteiger partial charge in [-0.1, -0.05) is 6.07 Å². The number of amides is 3. The number of hydrogen-bond donors (Lipinski definition) is 3. The van der Waals surface area contributed by atoms with Gasteiger partial charge < -0.3 is 25.6 Å². The fourth-order valence-electron chi connectivity index (χ4n) is 3.37. The van der Waals surface area contributed by atoms with Crippen LogP contribution in [0.2, 0.25) is 0 Å². The van der Waals surface area contributed by atoms with Gasteiger partial charge in [-0.25, -0.2) is 13.6 Å². The van der Waals surface area contributed by atoms with E-state index in [1.54, 1.807) is 7.11 Å². The monoisotopic (exact) mass is 418 g/mol. The maximum Gasteiger partial charge on any atom is 0.319 e. The minimum Gasteiger partial charge on any atom is -0.497 e. The van der Waals surface area contributed by atoms with Crippen LogP contribution < -0.4 is 25.6 Å². The first-order chi connectivity index (χ1) is 14.4. The van der Waals surface area contributed by atoms with Gasteiger partial charge in [0.2, 0.25) is 5.91 Å². The number of nitrogens with one attached hydrogen (secondary N) is 3. The molecular weight excluding hydrogens is 394 g/mol. The summed E-state index contributed by atoms with van der Waals surface area (Å²) in [6, 6.07) is 8.85. The van der Waals surface area contributed by atoms with Crippen LogP contribution in [-0.4, -0.2) is 38.7 Å². The smallest absolute Gasteiger partial charge is 0.319 e. The third-order valence-corrected chi connectivity index (χ3v) is 4.87. The SMILES string of the molecule is COc1cccc(N2CCC(CNC(=O)Nc3cc(NC(C)=O)c(F)cc3F)C2)c1. The van der Waals surface area contributed by atoms with Crippen LogP contribution in [0.1, 0.15) is 13.3 Å². The number of hydrogen-bond acceptors (Lipinski definition) is 4. The van der Waals surface area contributed by atoms with Crippen molar-refractivity contribution in [1.29, 1.82) is 0 Å². The van der Waals surface area contributed by atoms with Gasteiger partial charge in [-0.15, -0.1) is 0 Å². The maximum absolute atomic E-state index is 14.0. The van der Waals surface area contributed by atoms with Crippen molar-refractivity contribution >= 4 is 29.0 Å². The molecule has 2 aromatic rings. The summed E-state index contributed by atoms with van der Waals surface area (Å²) in [5.41, 5.74) is 0.631. The fourth-order valence-corrected chi connectivity index (χ4v) is 3.37. The van der Waals surface area contributed by atoms with Crippen LogP contribution >= 0.6 is 0 Å². The molecule has 9 heteroatoms. The molecule has 3 rings (SSSR count). The highest BCUT2D eigenvalue weighted by Gasteiger charge is 2.23. The Hall–Kier alpha value is -3.36. The van der Waals surface area contributed by atoms with Crippen molar-refractivity contribution < 1.29 is 23.1 Å². The zero-order chi connectivity index (χ0) is 21.7. The molecular formula is C21H24F2N4O3. The highest BCUT2D eigenvalue weighted by Crippen LogP contribution is 2.27. The number of carbonyl (C=O) groups is 2. The number of anilines is 3. The third-order valence-electron chi connectivity index (χ3n) is 4.87. The quantitative estimate of drug-likeness (QED) is 0.670. The predicted octanol–water partition coefficient (Wildman–Crippen LogP) is 3.58. The number of halogens is 2. The summed E-state index contributed by atoms with van der Waals surface area (Å²) in [6.07, 6.45) is 0.898. The van der Waals surface area contributed by atoms with E-state index in [1.165, 1.54) is 6.92 Å². The van der Waals surface area contributed by atoms with E-state index in [2.05, 4.69) is 20.9 Å². The van der Waals surface area contributed by atoms with Crippen molar-refractivity contribution in [2.24, 2.45) is 5.92 Å². The Morgan fingerprint density at radius 3 is 2.57 bits per heavy atom. The third kappa shape index (κ3) is 5.37. The first-order valence-electron chi connectivity index (χ1n) is 9.56. The molecule has 0 aromatic heterocycles. The minimum atomic E-state index is -0.929. The van der Waals surface area contributed by atoms with Crippen LogP contribution in [0.25, 0.3) is 0 Å². The topological polar surface area (TPSA) is 82.7 Å². The van der Waals surface area contributed by atoms with Crippen LogP contribution in [0, 0.1) is 17.6 Å². The van der Waals surface area contributed by atoms with E-state index < -0.39 is 23.6 Å². The Morgan fingerprint density at radius 2 is 1.87 bits per heavy atom. The number of rotatable bonds is 6. The zero-order valence-electron chi connectivity index (χ0n) is 16.8. The highest BCUT2D eigenvalue weighted by atomic mass is 19.1. The largest absolute Gasteiger partial charge is 0.497 e. The fraction of sp³-hybridized carbons (Fsp3) is 0.333. The maximum atomic E-state index is 14.0. The molecule has 0 radical (unpaired) electrons. The molecule has 1 saturated heterocycles. The van der Waals surface area contributed by atoms with Gasteiger partial charge in [0.1, 0.15) is 17.4 Å². The number of urea groups is 1. The Morgan fingerprint density at radius 1 is 1.13 bits per heavy atom. The lowest BCUT2D eigenvalue weighted by Gasteiger charge is -2.19. The van der Waals surface area contributed by atoms with E-state index in [1.807, 2.05) is 24.3 Å². The lowest BCUT2D eigenvalue weighted by molar-refractivity contribution is -0.114. The summed E-state index contributed by atoms with van der Waals surface area (Å²) < 4.78 is 32.9. The highest BCUT2D eigenvalue weighted by molar-refractivity contribution is 5.92. The molecule has 1 unspecified atom stereocenters. The molecule has 2 aromatic carbocycles. The number of benzene rings is 2. The van der Waals surface area contributed by atoms with Crippen LogP contribution in [0.4, 0.5) is 30.6 Å². The molecule has 0 spiro atoms. The predicted molar refractivity (Wildman–Crippen MR) is 111 cm³/mol. The van der Waals surface area contributed by atoms with Gasteiger partial charge >= 0.3 is 6.03 Å². The molecule has 1 fully saturated rings. The summed E-state index contributed by atoms with van der Waals surface area (Å²) in [6.45, 7) is 3.24. The summed E-state index contributed by atoms with van der Waals surface area (Å²) in [5.74, 6) is -1.33. The first-order valence-corrected chi connectivity index (χ1v) is 9.56. The van der Waals surface area contributed by atoms with Crippen LogP contribution in [0.15, 0.2) is 36.4 Å². The molecule has 7 nitrogen and oxygen atoms in total. The average molecular weight is 418 g/mol. The molecule has 160 valence electrons. The van der Waals surface area contributed by atoms with Gasteiger partial charge in [-0.2, -0.15) is 0 Å². The second kappa shape index (κ2) is 9.43. The molecule has 1 atom stereocenters. The first kappa shape index (κ1) is 21.4. The minimum absolute atomic E-state index is 0.205. The number of ether oxygens (including phenoxy) is 1. The van der Waals surface area contributed by atoms with Crippen molar-refractivity contribution in [2.75, 3.05) is 42.3 Å². The lowest BCUT2D eigenvalue weighted by Crippen LogP contribution is -2.34. The number of nitrogens with zero attached hydrogens (tertiary/aromatic N) is 1. The van der Waals surface area contributed by atoms with Crippen molar-refractivity contribution in [3.8, 4) is 5.75 Å².